The highest BCUT2D eigenvalue weighted by Gasteiger charge is 2.37. The van der Waals surface area contributed by atoms with E-state index in [1.165, 1.54) is 6.26 Å². The lowest BCUT2D eigenvalue weighted by molar-refractivity contribution is 0.0134. The highest BCUT2D eigenvalue weighted by atomic mass is 16.3. The number of hydrogen-bond acceptors (Lipinski definition) is 4. The summed E-state index contributed by atoms with van der Waals surface area (Å²) in [5, 5.41) is 0. The molecular weight excluding hydrogens is 344 g/mol. The van der Waals surface area contributed by atoms with E-state index in [2.05, 4.69) is 9.88 Å². The molecule has 140 valence electrons. The summed E-state index contributed by atoms with van der Waals surface area (Å²) in [5.74, 6) is 0.377. The van der Waals surface area contributed by atoms with Crippen LogP contribution in [0.3, 0.4) is 0 Å². The summed E-state index contributed by atoms with van der Waals surface area (Å²) in [6.45, 7) is 3.39. The average Bonchev–Trinajstić information content (AvgIpc) is 3.28. The Balaban J connectivity index is 1.21. The van der Waals surface area contributed by atoms with Crippen LogP contribution in [-0.2, 0) is 0 Å². The number of rotatable bonds is 3. The number of aromatic amines is 1. The molecule has 0 aliphatic carbocycles. The second-order valence-corrected chi connectivity index (χ2v) is 7.43. The predicted octanol–water partition coefficient (Wildman–Crippen LogP) is 2.08. The molecule has 2 aliphatic heterocycles. The standard InChI is InChI=1S/C20H22N4O3/c25-19(18-6-3-11-27-18)23-12-15(13-23)22-9-7-14(8-10-22)24-17-5-2-1-4-16(17)21-20(24)26/h1-6,11,14-15H,7-10,12-13H2,(H,21,26). The van der Waals surface area contributed by atoms with E-state index in [9.17, 15) is 9.59 Å². The molecule has 1 amide bonds. The van der Waals surface area contributed by atoms with E-state index in [4.69, 9.17) is 4.42 Å². The third-order valence-electron chi connectivity index (χ3n) is 5.89. The van der Waals surface area contributed by atoms with Crippen molar-refractivity contribution in [3.63, 3.8) is 0 Å². The van der Waals surface area contributed by atoms with Gasteiger partial charge in [-0.15, -0.1) is 0 Å². The molecule has 1 aromatic carbocycles. The Morgan fingerprint density at radius 2 is 1.81 bits per heavy atom. The number of carbonyl (C=O) groups is 1. The molecule has 0 atom stereocenters. The number of piperidine rings is 1. The Morgan fingerprint density at radius 1 is 1.04 bits per heavy atom. The van der Waals surface area contributed by atoms with E-state index in [1.54, 1.807) is 12.1 Å². The van der Waals surface area contributed by atoms with Crippen LogP contribution in [0.5, 0.6) is 0 Å². The first kappa shape index (κ1) is 16.4. The van der Waals surface area contributed by atoms with Gasteiger partial charge < -0.3 is 14.3 Å². The van der Waals surface area contributed by atoms with E-state index in [0.717, 1.165) is 50.1 Å². The average molecular weight is 366 g/mol. The number of carbonyl (C=O) groups excluding carboxylic acids is 1. The fourth-order valence-electron chi connectivity index (χ4n) is 4.35. The molecule has 2 saturated heterocycles. The van der Waals surface area contributed by atoms with Crippen molar-refractivity contribution < 1.29 is 9.21 Å². The maximum atomic E-state index is 12.4. The van der Waals surface area contributed by atoms with Gasteiger partial charge >= 0.3 is 5.69 Å². The lowest BCUT2D eigenvalue weighted by Gasteiger charge is -2.47. The van der Waals surface area contributed by atoms with E-state index < -0.39 is 0 Å². The molecule has 5 rings (SSSR count). The first-order chi connectivity index (χ1) is 13.2. The van der Waals surface area contributed by atoms with Crippen molar-refractivity contribution in [3.8, 4) is 0 Å². The zero-order chi connectivity index (χ0) is 18.4. The summed E-state index contributed by atoms with van der Waals surface area (Å²) in [4.78, 5) is 31.9. The summed E-state index contributed by atoms with van der Waals surface area (Å²) in [7, 11) is 0. The molecule has 0 spiro atoms. The topological polar surface area (TPSA) is 74.5 Å². The van der Waals surface area contributed by atoms with E-state index in [1.807, 2.05) is 33.7 Å². The van der Waals surface area contributed by atoms with Gasteiger partial charge in [0.05, 0.1) is 17.3 Å². The maximum Gasteiger partial charge on any atom is 0.326 e. The zero-order valence-electron chi connectivity index (χ0n) is 15.0. The number of likely N-dealkylation sites (tertiary alicyclic amines) is 2. The van der Waals surface area contributed by atoms with Crippen molar-refractivity contribution in [2.75, 3.05) is 26.2 Å². The molecule has 1 N–H and O–H groups in total. The minimum atomic E-state index is -0.0310. The van der Waals surface area contributed by atoms with Crippen LogP contribution in [0.4, 0.5) is 0 Å². The van der Waals surface area contributed by atoms with Gasteiger partial charge in [0.25, 0.3) is 5.91 Å². The van der Waals surface area contributed by atoms with Gasteiger partial charge in [-0.25, -0.2) is 4.79 Å². The zero-order valence-corrected chi connectivity index (χ0v) is 15.0. The quantitative estimate of drug-likeness (QED) is 0.770. The maximum absolute atomic E-state index is 12.4. The molecule has 0 unspecified atom stereocenters. The smallest absolute Gasteiger partial charge is 0.326 e. The van der Waals surface area contributed by atoms with Gasteiger partial charge in [-0.1, -0.05) is 12.1 Å². The first-order valence-electron chi connectivity index (χ1n) is 9.47. The summed E-state index contributed by atoms with van der Waals surface area (Å²) in [6.07, 6.45) is 3.43. The number of benzene rings is 1. The molecule has 3 aromatic rings. The largest absolute Gasteiger partial charge is 0.459 e. The van der Waals surface area contributed by atoms with Crippen molar-refractivity contribution in [1.82, 2.24) is 19.4 Å². The number of amides is 1. The minimum Gasteiger partial charge on any atom is -0.459 e. The molecule has 2 fully saturated rings. The monoisotopic (exact) mass is 366 g/mol. The summed E-state index contributed by atoms with van der Waals surface area (Å²) >= 11 is 0. The van der Waals surface area contributed by atoms with Gasteiger partial charge in [0, 0.05) is 38.3 Å². The predicted molar refractivity (Wildman–Crippen MR) is 101 cm³/mol. The molecule has 2 aliphatic rings. The second kappa shape index (κ2) is 6.42. The fraction of sp³-hybridized carbons (Fsp3) is 0.400. The van der Waals surface area contributed by atoms with Gasteiger partial charge in [-0.3, -0.25) is 14.3 Å². The summed E-state index contributed by atoms with van der Waals surface area (Å²) < 4.78 is 7.11. The van der Waals surface area contributed by atoms with Crippen LogP contribution in [0.25, 0.3) is 11.0 Å². The normalized spacial score (nSPS) is 19.5. The molecule has 2 aromatic heterocycles. The van der Waals surface area contributed by atoms with Gasteiger partial charge in [0.15, 0.2) is 5.76 Å². The van der Waals surface area contributed by atoms with Crippen molar-refractivity contribution in [3.05, 3.63) is 58.9 Å². The Labute approximate surface area is 156 Å². The molecule has 7 heteroatoms. The van der Waals surface area contributed by atoms with Crippen LogP contribution in [0, 0.1) is 0 Å². The second-order valence-electron chi connectivity index (χ2n) is 7.43. The minimum absolute atomic E-state index is 0.0199. The van der Waals surface area contributed by atoms with Crippen molar-refractivity contribution >= 4 is 16.9 Å². The number of hydrogen-bond donors (Lipinski definition) is 1. The summed E-state index contributed by atoms with van der Waals surface area (Å²) in [6, 6.07) is 11.9. The Kier molecular flexibility index (Phi) is 3.89. The van der Waals surface area contributed by atoms with Crippen LogP contribution in [-0.4, -0.2) is 57.5 Å². The van der Waals surface area contributed by atoms with Crippen LogP contribution in [0.15, 0.2) is 51.9 Å². The molecule has 0 radical (unpaired) electrons. The number of fused-ring (bicyclic) bond motifs is 1. The number of nitrogens with one attached hydrogen (secondary N) is 1. The fourth-order valence-corrected chi connectivity index (χ4v) is 4.35. The van der Waals surface area contributed by atoms with Crippen LogP contribution in [0.2, 0.25) is 0 Å². The van der Waals surface area contributed by atoms with E-state index >= 15 is 0 Å². The van der Waals surface area contributed by atoms with Gasteiger partial charge in [-0.2, -0.15) is 0 Å². The Morgan fingerprint density at radius 3 is 2.56 bits per heavy atom. The number of aromatic nitrogens is 2. The van der Waals surface area contributed by atoms with Crippen molar-refractivity contribution in [2.45, 2.75) is 24.9 Å². The molecule has 27 heavy (non-hydrogen) atoms. The number of imidazole rings is 1. The highest BCUT2D eigenvalue weighted by molar-refractivity contribution is 5.92. The SMILES string of the molecule is O=C(c1ccco1)N1CC(N2CCC(n3c(=O)[nH]c4ccccc43)CC2)C1. The molecule has 4 heterocycles. The van der Waals surface area contributed by atoms with Crippen molar-refractivity contribution in [1.29, 1.82) is 0 Å². The number of para-hydroxylation sites is 2. The Bertz CT molecular complexity index is 1010. The van der Waals surface area contributed by atoms with Crippen LogP contribution < -0.4 is 5.69 Å². The van der Waals surface area contributed by atoms with E-state index in [-0.39, 0.29) is 17.6 Å². The van der Waals surface area contributed by atoms with E-state index in [0.29, 0.717) is 11.8 Å². The van der Waals surface area contributed by atoms with Gasteiger partial charge in [0.1, 0.15) is 0 Å². The number of nitrogens with zero attached hydrogens (tertiary/aromatic N) is 3. The third kappa shape index (κ3) is 2.78. The number of H-pyrrole nitrogens is 1. The molecule has 7 nitrogen and oxygen atoms in total. The molecule has 0 bridgehead atoms. The molecular formula is C20H22N4O3. The van der Waals surface area contributed by atoms with Crippen LogP contribution in [0.1, 0.15) is 29.4 Å². The summed E-state index contributed by atoms with van der Waals surface area (Å²) in [5.41, 5.74) is 1.87. The first-order valence-corrected chi connectivity index (χ1v) is 9.47. The third-order valence-corrected chi connectivity index (χ3v) is 5.89. The van der Waals surface area contributed by atoms with Crippen LogP contribution >= 0.6 is 0 Å². The van der Waals surface area contributed by atoms with Crippen molar-refractivity contribution in [2.24, 2.45) is 0 Å². The van der Waals surface area contributed by atoms with Gasteiger partial charge in [-0.05, 0) is 37.1 Å². The molecule has 0 saturated carbocycles. The lowest BCUT2D eigenvalue weighted by atomic mass is 9.99. The van der Waals surface area contributed by atoms with Gasteiger partial charge in [0.2, 0.25) is 0 Å². The highest BCUT2D eigenvalue weighted by Crippen LogP contribution is 2.28. The number of furan rings is 1. The lowest BCUT2D eigenvalue weighted by Crippen LogP contribution is -2.62. The Hall–Kier alpha value is -2.80.